The molecule has 1 aromatic heterocycles. The Bertz CT molecular complexity index is 722. The van der Waals surface area contributed by atoms with Crippen LogP contribution in [0.25, 0.3) is 0 Å². The fraction of sp³-hybridized carbons (Fsp3) is 0.368. The predicted molar refractivity (Wildman–Crippen MR) is 90.7 cm³/mol. The second-order valence-corrected chi connectivity index (χ2v) is 6.18. The van der Waals surface area contributed by atoms with E-state index >= 15 is 0 Å². The molecule has 0 unspecified atom stereocenters. The quantitative estimate of drug-likeness (QED) is 0.830. The highest BCUT2D eigenvalue weighted by Gasteiger charge is 2.15. The number of rotatable bonds is 5. The van der Waals surface area contributed by atoms with E-state index in [0.29, 0.717) is 5.69 Å². The summed E-state index contributed by atoms with van der Waals surface area (Å²) in [4.78, 5) is 26.4. The number of benzene rings is 1. The minimum atomic E-state index is -0.531. The van der Waals surface area contributed by atoms with Crippen molar-refractivity contribution in [1.29, 1.82) is 0 Å². The summed E-state index contributed by atoms with van der Waals surface area (Å²) in [5.74, 6) is -0.836. The molecular formula is C19H22N2O3. The topological polar surface area (TPSA) is 71.2 Å². The highest BCUT2D eigenvalue weighted by atomic mass is 16.5. The summed E-state index contributed by atoms with van der Waals surface area (Å²) >= 11 is 0. The molecule has 1 aliphatic carbocycles. The number of carbonyl (C=O) groups excluding carboxylic acids is 2. The summed E-state index contributed by atoms with van der Waals surface area (Å²) in [6.45, 7) is 1.66. The summed E-state index contributed by atoms with van der Waals surface area (Å²) < 4.78 is 4.99. The molecule has 1 aliphatic rings. The molecule has 2 aromatic rings. The van der Waals surface area contributed by atoms with Crippen LogP contribution >= 0.6 is 0 Å². The summed E-state index contributed by atoms with van der Waals surface area (Å²) in [6.07, 6.45) is 6.37. The fourth-order valence-corrected chi connectivity index (χ4v) is 3.06. The van der Waals surface area contributed by atoms with Crippen LogP contribution < -0.4 is 5.32 Å². The summed E-state index contributed by atoms with van der Waals surface area (Å²) in [6, 6.07) is 9.61. The summed E-state index contributed by atoms with van der Waals surface area (Å²) in [5.41, 5.74) is 4.23. The van der Waals surface area contributed by atoms with Crippen LogP contribution in [0.2, 0.25) is 0 Å². The third-order valence-corrected chi connectivity index (χ3v) is 4.40. The van der Waals surface area contributed by atoms with Gasteiger partial charge < -0.3 is 15.0 Å². The van der Waals surface area contributed by atoms with Crippen LogP contribution in [0, 0.1) is 0 Å². The van der Waals surface area contributed by atoms with Crippen molar-refractivity contribution in [2.45, 2.75) is 38.6 Å². The molecule has 0 aliphatic heterocycles. The Labute approximate surface area is 141 Å². The van der Waals surface area contributed by atoms with Crippen LogP contribution in [0.4, 0.5) is 0 Å². The number of esters is 1. The number of aromatic nitrogens is 1. The molecule has 1 amide bonds. The maximum absolute atomic E-state index is 12.0. The Hall–Kier alpha value is -2.56. The minimum Gasteiger partial charge on any atom is -0.451 e. The molecule has 2 N–H and O–H groups in total. The first-order valence-electron chi connectivity index (χ1n) is 8.35. The standard InChI is InChI=1S/C19H22N2O3/c1-13(15-9-8-14-5-2-3-6-16(14)11-15)21-18(22)12-24-19(23)17-7-4-10-20-17/h4,7-11,13,20H,2-3,5-6,12H2,1H3,(H,21,22)/t13-/m0/s1. The van der Waals surface area contributed by atoms with E-state index in [1.54, 1.807) is 18.3 Å². The van der Waals surface area contributed by atoms with Crippen LogP contribution in [0.5, 0.6) is 0 Å². The second-order valence-electron chi connectivity index (χ2n) is 6.18. The molecule has 3 rings (SSSR count). The number of nitrogens with one attached hydrogen (secondary N) is 2. The second kappa shape index (κ2) is 7.34. The maximum atomic E-state index is 12.0. The van der Waals surface area contributed by atoms with Gasteiger partial charge in [0.15, 0.2) is 6.61 Å². The highest BCUT2D eigenvalue weighted by molar-refractivity contribution is 5.89. The van der Waals surface area contributed by atoms with Gasteiger partial charge in [0, 0.05) is 6.20 Å². The zero-order chi connectivity index (χ0) is 16.9. The van der Waals surface area contributed by atoms with Gasteiger partial charge in [-0.05, 0) is 61.4 Å². The number of ether oxygens (including phenoxy) is 1. The van der Waals surface area contributed by atoms with Crippen LogP contribution in [0.15, 0.2) is 36.5 Å². The normalized spacial score (nSPS) is 14.5. The van der Waals surface area contributed by atoms with Crippen LogP contribution in [-0.2, 0) is 22.4 Å². The van der Waals surface area contributed by atoms with E-state index in [0.717, 1.165) is 18.4 Å². The lowest BCUT2D eigenvalue weighted by molar-refractivity contribution is -0.124. The number of aromatic amines is 1. The number of hydrogen-bond donors (Lipinski definition) is 2. The zero-order valence-electron chi connectivity index (χ0n) is 13.8. The number of carbonyl (C=O) groups is 2. The van der Waals surface area contributed by atoms with Gasteiger partial charge in [0.2, 0.25) is 0 Å². The smallest absolute Gasteiger partial charge is 0.355 e. The van der Waals surface area contributed by atoms with E-state index in [1.165, 1.54) is 24.0 Å². The first kappa shape index (κ1) is 16.3. The van der Waals surface area contributed by atoms with Gasteiger partial charge in [-0.15, -0.1) is 0 Å². The van der Waals surface area contributed by atoms with Crippen molar-refractivity contribution in [1.82, 2.24) is 10.3 Å². The van der Waals surface area contributed by atoms with Crippen molar-refractivity contribution < 1.29 is 14.3 Å². The van der Waals surface area contributed by atoms with E-state index < -0.39 is 5.97 Å². The van der Waals surface area contributed by atoms with Crippen molar-refractivity contribution in [2.24, 2.45) is 0 Å². The molecular weight excluding hydrogens is 304 g/mol. The molecule has 1 heterocycles. The molecule has 0 fully saturated rings. The SMILES string of the molecule is C[C@H](NC(=O)COC(=O)c1ccc[nH]1)c1ccc2c(c1)CCCC2. The van der Waals surface area contributed by atoms with Gasteiger partial charge in [0.25, 0.3) is 5.91 Å². The highest BCUT2D eigenvalue weighted by Crippen LogP contribution is 2.24. The van der Waals surface area contributed by atoms with E-state index in [2.05, 4.69) is 28.5 Å². The Morgan fingerprint density at radius 3 is 2.75 bits per heavy atom. The van der Waals surface area contributed by atoms with Gasteiger partial charge in [0.05, 0.1) is 6.04 Å². The molecule has 5 nitrogen and oxygen atoms in total. The van der Waals surface area contributed by atoms with Gasteiger partial charge in [-0.3, -0.25) is 4.79 Å². The maximum Gasteiger partial charge on any atom is 0.355 e. The van der Waals surface area contributed by atoms with Gasteiger partial charge in [-0.1, -0.05) is 18.2 Å². The molecule has 126 valence electrons. The van der Waals surface area contributed by atoms with E-state index in [1.807, 2.05) is 6.92 Å². The van der Waals surface area contributed by atoms with Crippen molar-refractivity contribution in [3.05, 3.63) is 58.9 Å². The lowest BCUT2D eigenvalue weighted by Crippen LogP contribution is -2.31. The number of aryl methyl sites for hydroxylation is 2. The fourth-order valence-electron chi connectivity index (χ4n) is 3.06. The monoisotopic (exact) mass is 326 g/mol. The van der Waals surface area contributed by atoms with Crippen LogP contribution in [0.1, 0.15) is 53.0 Å². The van der Waals surface area contributed by atoms with Crippen molar-refractivity contribution in [2.75, 3.05) is 6.61 Å². The molecule has 0 bridgehead atoms. The van der Waals surface area contributed by atoms with E-state index in [-0.39, 0.29) is 18.6 Å². The molecule has 5 heteroatoms. The van der Waals surface area contributed by atoms with Gasteiger partial charge in [-0.25, -0.2) is 4.79 Å². The summed E-state index contributed by atoms with van der Waals surface area (Å²) in [7, 11) is 0. The largest absolute Gasteiger partial charge is 0.451 e. The van der Waals surface area contributed by atoms with Crippen molar-refractivity contribution in [3.63, 3.8) is 0 Å². The van der Waals surface area contributed by atoms with Gasteiger partial charge >= 0.3 is 5.97 Å². The van der Waals surface area contributed by atoms with Crippen molar-refractivity contribution in [3.8, 4) is 0 Å². The van der Waals surface area contributed by atoms with E-state index in [4.69, 9.17) is 4.74 Å². The van der Waals surface area contributed by atoms with Crippen LogP contribution in [0.3, 0.4) is 0 Å². The third-order valence-electron chi connectivity index (χ3n) is 4.40. The average Bonchev–Trinajstić information content (AvgIpc) is 3.14. The Morgan fingerprint density at radius 1 is 1.21 bits per heavy atom. The Kier molecular flexibility index (Phi) is 4.99. The molecule has 0 saturated carbocycles. The first-order valence-corrected chi connectivity index (χ1v) is 8.35. The minimum absolute atomic E-state index is 0.117. The van der Waals surface area contributed by atoms with Gasteiger partial charge in [-0.2, -0.15) is 0 Å². The van der Waals surface area contributed by atoms with Gasteiger partial charge in [0.1, 0.15) is 5.69 Å². The Morgan fingerprint density at radius 2 is 2.00 bits per heavy atom. The zero-order valence-corrected chi connectivity index (χ0v) is 13.8. The molecule has 0 radical (unpaired) electrons. The Balaban J connectivity index is 1.53. The molecule has 1 aromatic carbocycles. The number of hydrogen-bond acceptors (Lipinski definition) is 3. The third kappa shape index (κ3) is 3.85. The number of amides is 1. The lowest BCUT2D eigenvalue weighted by atomic mass is 9.89. The lowest BCUT2D eigenvalue weighted by Gasteiger charge is -2.20. The molecule has 24 heavy (non-hydrogen) atoms. The van der Waals surface area contributed by atoms with E-state index in [9.17, 15) is 9.59 Å². The molecule has 0 spiro atoms. The molecule has 0 saturated heterocycles. The summed E-state index contributed by atoms with van der Waals surface area (Å²) in [5, 5.41) is 2.88. The average molecular weight is 326 g/mol. The van der Waals surface area contributed by atoms with Crippen molar-refractivity contribution >= 4 is 11.9 Å². The molecule has 1 atom stereocenters. The number of fused-ring (bicyclic) bond motifs is 1. The number of H-pyrrole nitrogens is 1. The first-order chi connectivity index (χ1) is 11.6. The predicted octanol–water partition coefficient (Wildman–Crippen LogP) is 2.93. The van der Waals surface area contributed by atoms with Crippen LogP contribution in [-0.4, -0.2) is 23.5 Å².